The van der Waals surface area contributed by atoms with Crippen molar-refractivity contribution in [3.63, 3.8) is 0 Å². The van der Waals surface area contributed by atoms with E-state index in [0.29, 0.717) is 0 Å². The van der Waals surface area contributed by atoms with Crippen molar-refractivity contribution in [3.8, 4) is 0 Å². The highest BCUT2D eigenvalue weighted by Crippen LogP contribution is 2.12. The summed E-state index contributed by atoms with van der Waals surface area (Å²) in [4.78, 5) is 11.1. The van der Waals surface area contributed by atoms with E-state index < -0.39 is 0 Å². The van der Waals surface area contributed by atoms with Gasteiger partial charge in [0.05, 0.1) is 33.7 Å². The van der Waals surface area contributed by atoms with Crippen LogP contribution in [0.25, 0.3) is 0 Å². The van der Waals surface area contributed by atoms with Crippen LogP contribution in [0.4, 0.5) is 0 Å². The van der Waals surface area contributed by atoms with E-state index in [9.17, 15) is 4.79 Å². The van der Waals surface area contributed by atoms with Crippen LogP contribution < -0.4 is 17.7 Å². The standard InChI is InChI=1S/C21H42N2O.ClH/c1-5-7-8-9-10-11-12-13-14-15-16-17-19-23(3,4)20-18-22-21(24)6-2;/h6H,2,5,7-20H2,1,3-4H3;1H. The van der Waals surface area contributed by atoms with E-state index in [1.165, 1.54) is 89.7 Å². The SMILES string of the molecule is C=CC(=O)NCC[N+](C)(C)CCCCCCCCCCCCCC.[Cl-]. The van der Waals surface area contributed by atoms with Crippen LogP contribution in [0.2, 0.25) is 0 Å². The number of rotatable bonds is 17. The minimum Gasteiger partial charge on any atom is -1.00 e. The van der Waals surface area contributed by atoms with Crippen LogP contribution in [-0.2, 0) is 4.79 Å². The van der Waals surface area contributed by atoms with Gasteiger partial charge < -0.3 is 22.2 Å². The van der Waals surface area contributed by atoms with E-state index in [-0.39, 0.29) is 18.3 Å². The van der Waals surface area contributed by atoms with Crippen molar-refractivity contribution in [2.45, 2.75) is 84.0 Å². The molecule has 0 aromatic rings. The third kappa shape index (κ3) is 19.6. The summed E-state index contributed by atoms with van der Waals surface area (Å²) in [6.45, 7) is 8.66. The summed E-state index contributed by atoms with van der Waals surface area (Å²) >= 11 is 0. The van der Waals surface area contributed by atoms with Crippen LogP contribution in [-0.4, -0.2) is 44.1 Å². The highest BCUT2D eigenvalue weighted by atomic mass is 35.5. The number of hydrogen-bond acceptors (Lipinski definition) is 1. The molecule has 0 saturated heterocycles. The zero-order valence-corrected chi connectivity index (χ0v) is 17.9. The van der Waals surface area contributed by atoms with Crippen molar-refractivity contribution < 1.29 is 21.7 Å². The first-order valence-corrected chi connectivity index (χ1v) is 10.2. The summed E-state index contributed by atoms with van der Waals surface area (Å²) in [5.41, 5.74) is 0. The summed E-state index contributed by atoms with van der Waals surface area (Å²) < 4.78 is 0.981. The fourth-order valence-electron chi connectivity index (χ4n) is 3.05. The average molecular weight is 375 g/mol. The van der Waals surface area contributed by atoms with E-state index in [0.717, 1.165) is 17.6 Å². The highest BCUT2D eigenvalue weighted by Gasteiger charge is 2.13. The second-order valence-corrected chi connectivity index (χ2v) is 7.77. The molecule has 3 nitrogen and oxygen atoms in total. The van der Waals surface area contributed by atoms with E-state index in [1.807, 2.05) is 0 Å². The minimum atomic E-state index is -0.0691. The van der Waals surface area contributed by atoms with Gasteiger partial charge >= 0.3 is 0 Å². The van der Waals surface area contributed by atoms with Gasteiger partial charge in [-0.2, -0.15) is 0 Å². The molecule has 0 aliphatic rings. The van der Waals surface area contributed by atoms with Crippen molar-refractivity contribution >= 4 is 5.91 Å². The van der Waals surface area contributed by atoms with E-state index in [4.69, 9.17) is 0 Å². The molecule has 4 heteroatoms. The smallest absolute Gasteiger partial charge is 0.243 e. The van der Waals surface area contributed by atoms with Gasteiger partial charge in [0.2, 0.25) is 5.91 Å². The van der Waals surface area contributed by atoms with Crippen molar-refractivity contribution in [1.29, 1.82) is 0 Å². The average Bonchev–Trinajstić information content (AvgIpc) is 2.55. The molecule has 0 aliphatic carbocycles. The Balaban J connectivity index is 0. The van der Waals surface area contributed by atoms with Gasteiger partial charge in [0.15, 0.2) is 0 Å². The Hall–Kier alpha value is -0.540. The molecule has 0 bridgehead atoms. The Morgan fingerprint density at radius 1 is 0.840 bits per heavy atom. The fourth-order valence-corrected chi connectivity index (χ4v) is 3.05. The molecular formula is C21H43ClN2O. The lowest BCUT2D eigenvalue weighted by molar-refractivity contribution is -0.889. The van der Waals surface area contributed by atoms with Gasteiger partial charge in [-0.15, -0.1) is 0 Å². The van der Waals surface area contributed by atoms with Crippen molar-refractivity contribution in [2.24, 2.45) is 0 Å². The number of unbranched alkanes of at least 4 members (excludes halogenated alkanes) is 11. The lowest BCUT2D eigenvalue weighted by Gasteiger charge is -2.29. The molecule has 150 valence electrons. The molecule has 0 atom stereocenters. The third-order valence-corrected chi connectivity index (χ3v) is 4.82. The molecule has 0 spiro atoms. The van der Waals surface area contributed by atoms with Crippen LogP contribution in [0.15, 0.2) is 12.7 Å². The first kappa shape index (κ1) is 26.7. The Kier molecular flexibility index (Phi) is 19.5. The number of carbonyl (C=O) groups excluding carboxylic acids is 1. The second-order valence-electron chi connectivity index (χ2n) is 7.77. The Morgan fingerprint density at radius 2 is 1.28 bits per heavy atom. The lowest BCUT2D eigenvalue weighted by Crippen LogP contribution is -3.00. The lowest BCUT2D eigenvalue weighted by atomic mass is 10.1. The van der Waals surface area contributed by atoms with Crippen LogP contribution in [0.5, 0.6) is 0 Å². The Bertz CT molecular complexity index is 319. The molecular weight excluding hydrogens is 332 g/mol. The van der Waals surface area contributed by atoms with Crippen molar-refractivity contribution in [3.05, 3.63) is 12.7 Å². The topological polar surface area (TPSA) is 29.1 Å². The zero-order valence-electron chi connectivity index (χ0n) is 17.1. The first-order chi connectivity index (χ1) is 11.5. The van der Waals surface area contributed by atoms with Gasteiger partial charge in [0.25, 0.3) is 0 Å². The maximum Gasteiger partial charge on any atom is 0.243 e. The molecule has 0 radical (unpaired) electrons. The van der Waals surface area contributed by atoms with Crippen LogP contribution in [0.1, 0.15) is 84.0 Å². The van der Waals surface area contributed by atoms with Gasteiger partial charge in [-0.3, -0.25) is 4.79 Å². The number of carbonyl (C=O) groups is 1. The number of quaternary nitrogens is 1. The van der Waals surface area contributed by atoms with Gasteiger partial charge in [-0.05, 0) is 18.9 Å². The van der Waals surface area contributed by atoms with Crippen LogP contribution in [0.3, 0.4) is 0 Å². The molecule has 0 rings (SSSR count). The predicted molar refractivity (Wildman–Crippen MR) is 106 cm³/mol. The molecule has 0 saturated carbocycles. The Labute approximate surface area is 163 Å². The second kappa shape index (κ2) is 18.3. The molecule has 0 aromatic carbocycles. The number of hydrogen-bond donors (Lipinski definition) is 1. The van der Waals surface area contributed by atoms with Gasteiger partial charge in [0.1, 0.15) is 0 Å². The number of likely N-dealkylation sites (N-methyl/N-ethyl adjacent to an activating group) is 1. The molecule has 1 amide bonds. The number of amides is 1. The summed E-state index contributed by atoms with van der Waals surface area (Å²) in [5, 5.41) is 2.86. The van der Waals surface area contributed by atoms with Gasteiger partial charge in [-0.1, -0.05) is 77.7 Å². The minimum absolute atomic E-state index is 0. The molecule has 0 aromatic heterocycles. The van der Waals surface area contributed by atoms with E-state index in [2.05, 4.69) is 32.9 Å². The van der Waals surface area contributed by atoms with E-state index >= 15 is 0 Å². The summed E-state index contributed by atoms with van der Waals surface area (Å²) in [6, 6.07) is 0. The normalized spacial score (nSPS) is 11.0. The van der Waals surface area contributed by atoms with Crippen molar-refractivity contribution in [1.82, 2.24) is 5.32 Å². The van der Waals surface area contributed by atoms with Crippen LogP contribution >= 0.6 is 0 Å². The quantitative estimate of drug-likeness (QED) is 0.236. The number of halogens is 1. The monoisotopic (exact) mass is 374 g/mol. The van der Waals surface area contributed by atoms with E-state index in [1.54, 1.807) is 0 Å². The zero-order chi connectivity index (χ0) is 18.1. The first-order valence-electron chi connectivity index (χ1n) is 10.2. The van der Waals surface area contributed by atoms with Gasteiger partial charge in [0, 0.05) is 0 Å². The highest BCUT2D eigenvalue weighted by molar-refractivity contribution is 5.86. The summed E-state index contributed by atoms with van der Waals surface area (Å²) in [7, 11) is 4.50. The fraction of sp³-hybridized carbons (Fsp3) is 0.857. The van der Waals surface area contributed by atoms with Crippen LogP contribution in [0, 0.1) is 0 Å². The Morgan fingerprint density at radius 3 is 1.72 bits per heavy atom. The third-order valence-electron chi connectivity index (χ3n) is 4.82. The van der Waals surface area contributed by atoms with Crippen molar-refractivity contribution in [2.75, 3.05) is 33.7 Å². The maximum absolute atomic E-state index is 11.1. The summed E-state index contributed by atoms with van der Waals surface area (Å²) in [5.74, 6) is -0.0691. The predicted octanol–water partition coefficient (Wildman–Crippen LogP) is 2.07. The largest absolute Gasteiger partial charge is 1.00 e. The number of nitrogens with zero attached hydrogens (tertiary/aromatic N) is 1. The van der Waals surface area contributed by atoms with Gasteiger partial charge in [-0.25, -0.2) is 0 Å². The number of nitrogens with one attached hydrogen (secondary N) is 1. The molecule has 1 N–H and O–H groups in total. The molecule has 0 aliphatic heterocycles. The molecule has 0 heterocycles. The molecule has 0 fully saturated rings. The molecule has 0 unspecified atom stereocenters. The molecule has 25 heavy (non-hydrogen) atoms. The maximum atomic E-state index is 11.1. The summed E-state index contributed by atoms with van der Waals surface area (Å²) in [6.07, 6.45) is 18.1.